The van der Waals surface area contributed by atoms with Gasteiger partial charge in [0.2, 0.25) is 0 Å². The van der Waals surface area contributed by atoms with Gasteiger partial charge in [-0.2, -0.15) is 0 Å². The van der Waals surface area contributed by atoms with Crippen LogP contribution in [0.25, 0.3) is 0 Å². The zero-order valence-corrected chi connectivity index (χ0v) is 12.4. The predicted molar refractivity (Wildman–Crippen MR) is 84.8 cm³/mol. The van der Waals surface area contributed by atoms with Crippen molar-refractivity contribution in [3.8, 4) is 0 Å². The molecule has 0 radical (unpaired) electrons. The van der Waals surface area contributed by atoms with Gasteiger partial charge in [-0.25, -0.2) is 0 Å². The lowest BCUT2D eigenvalue weighted by atomic mass is 10.1. The van der Waals surface area contributed by atoms with Gasteiger partial charge >= 0.3 is 0 Å². The van der Waals surface area contributed by atoms with E-state index >= 15 is 0 Å². The van der Waals surface area contributed by atoms with Crippen LogP contribution in [0.1, 0.15) is 31.2 Å². The van der Waals surface area contributed by atoms with E-state index in [1.54, 1.807) is 0 Å². The van der Waals surface area contributed by atoms with Gasteiger partial charge in [0.15, 0.2) is 0 Å². The summed E-state index contributed by atoms with van der Waals surface area (Å²) in [5.41, 5.74) is 7.99. The number of hydrogen-bond acceptors (Lipinski definition) is 3. The SMILES string of the molecule is Nc1ccc(CCN2CCC(N3CCCCC3)C2)cc1. The number of piperidine rings is 1. The van der Waals surface area contributed by atoms with E-state index < -0.39 is 0 Å². The molecule has 1 atom stereocenters. The molecular weight excluding hydrogens is 246 g/mol. The van der Waals surface area contributed by atoms with E-state index in [1.165, 1.54) is 64.0 Å². The van der Waals surface area contributed by atoms with Crippen molar-refractivity contribution in [1.82, 2.24) is 9.80 Å². The minimum absolute atomic E-state index is 0.821. The van der Waals surface area contributed by atoms with Gasteiger partial charge < -0.3 is 10.6 Å². The van der Waals surface area contributed by atoms with Crippen LogP contribution in [0.15, 0.2) is 24.3 Å². The molecule has 3 nitrogen and oxygen atoms in total. The molecule has 0 amide bonds. The van der Waals surface area contributed by atoms with Gasteiger partial charge in [-0.15, -0.1) is 0 Å². The molecule has 2 N–H and O–H groups in total. The lowest BCUT2D eigenvalue weighted by molar-refractivity contribution is 0.162. The first kappa shape index (κ1) is 13.9. The molecule has 2 heterocycles. The quantitative estimate of drug-likeness (QED) is 0.855. The number of nitrogen functional groups attached to an aromatic ring is 1. The lowest BCUT2D eigenvalue weighted by Crippen LogP contribution is -2.41. The van der Waals surface area contributed by atoms with Crippen LogP contribution >= 0.6 is 0 Å². The number of benzene rings is 1. The zero-order chi connectivity index (χ0) is 13.8. The molecule has 3 rings (SSSR count). The fraction of sp³-hybridized carbons (Fsp3) is 0.647. The molecule has 1 unspecified atom stereocenters. The smallest absolute Gasteiger partial charge is 0.0314 e. The summed E-state index contributed by atoms with van der Waals surface area (Å²) in [5, 5.41) is 0. The average Bonchev–Trinajstić information content (AvgIpc) is 2.97. The van der Waals surface area contributed by atoms with Crippen LogP contribution in [0.5, 0.6) is 0 Å². The fourth-order valence-electron chi connectivity index (χ4n) is 3.57. The summed E-state index contributed by atoms with van der Waals surface area (Å²) in [6.45, 7) is 6.40. The highest BCUT2D eigenvalue weighted by molar-refractivity contribution is 5.39. The Morgan fingerprint density at radius 2 is 1.75 bits per heavy atom. The highest BCUT2D eigenvalue weighted by Gasteiger charge is 2.27. The van der Waals surface area contributed by atoms with Crippen LogP contribution in [0.3, 0.4) is 0 Å². The third kappa shape index (κ3) is 3.53. The van der Waals surface area contributed by atoms with Gasteiger partial charge in [0.25, 0.3) is 0 Å². The highest BCUT2D eigenvalue weighted by Crippen LogP contribution is 2.20. The summed E-state index contributed by atoms with van der Waals surface area (Å²) in [6, 6.07) is 9.16. The average molecular weight is 273 g/mol. The molecule has 0 spiro atoms. The Morgan fingerprint density at radius 3 is 2.50 bits per heavy atom. The molecule has 2 fully saturated rings. The number of likely N-dealkylation sites (tertiary alicyclic amines) is 2. The van der Waals surface area contributed by atoms with E-state index in [1.807, 2.05) is 12.1 Å². The Balaban J connectivity index is 1.44. The Bertz CT molecular complexity index is 409. The summed E-state index contributed by atoms with van der Waals surface area (Å²) in [6.07, 6.45) is 6.75. The Hall–Kier alpha value is -1.06. The molecule has 0 bridgehead atoms. The maximum atomic E-state index is 5.73. The second-order valence-electron chi connectivity index (χ2n) is 6.33. The van der Waals surface area contributed by atoms with Crippen molar-refractivity contribution in [3.63, 3.8) is 0 Å². The van der Waals surface area contributed by atoms with Crippen molar-refractivity contribution in [2.24, 2.45) is 0 Å². The molecule has 0 aliphatic carbocycles. The summed E-state index contributed by atoms with van der Waals surface area (Å²) < 4.78 is 0. The fourth-order valence-corrected chi connectivity index (χ4v) is 3.57. The zero-order valence-electron chi connectivity index (χ0n) is 12.4. The molecule has 0 saturated carbocycles. The molecular formula is C17H27N3. The van der Waals surface area contributed by atoms with Gasteiger partial charge in [-0.3, -0.25) is 4.90 Å². The van der Waals surface area contributed by atoms with Crippen molar-refractivity contribution in [3.05, 3.63) is 29.8 Å². The minimum Gasteiger partial charge on any atom is -0.399 e. The van der Waals surface area contributed by atoms with Crippen LogP contribution in [0.2, 0.25) is 0 Å². The summed E-state index contributed by atoms with van der Waals surface area (Å²) in [4.78, 5) is 5.36. The number of hydrogen-bond donors (Lipinski definition) is 1. The normalized spacial score (nSPS) is 25.1. The summed E-state index contributed by atoms with van der Waals surface area (Å²) in [5.74, 6) is 0. The monoisotopic (exact) mass is 273 g/mol. The second kappa shape index (κ2) is 6.59. The van der Waals surface area contributed by atoms with E-state index in [2.05, 4.69) is 21.9 Å². The van der Waals surface area contributed by atoms with Crippen LogP contribution in [0.4, 0.5) is 5.69 Å². The van der Waals surface area contributed by atoms with E-state index in [0.717, 1.165) is 18.2 Å². The molecule has 110 valence electrons. The van der Waals surface area contributed by atoms with Crippen LogP contribution in [-0.2, 0) is 6.42 Å². The van der Waals surface area contributed by atoms with Crippen molar-refractivity contribution < 1.29 is 0 Å². The molecule has 2 aliphatic rings. The topological polar surface area (TPSA) is 32.5 Å². The first-order valence-corrected chi connectivity index (χ1v) is 8.12. The predicted octanol–water partition coefficient (Wildman–Crippen LogP) is 2.37. The maximum absolute atomic E-state index is 5.73. The molecule has 1 aromatic carbocycles. The molecule has 20 heavy (non-hydrogen) atoms. The van der Waals surface area contributed by atoms with Crippen molar-refractivity contribution in [2.75, 3.05) is 38.5 Å². The number of anilines is 1. The Kier molecular flexibility index (Phi) is 4.58. The van der Waals surface area contributed by atoms with Crippen molar-refractivity contribution >= 4 is 5.69 Å². The first-order chi connectivity index (χ1) is 9.81. The first-order valence-electron chi connectivity index (χ1n) is 8.12. The molecule has 2 aliphatic heterocycles. The Labute approximate surface area is 122 Å². The van der Waals surface area contributed by atoms with Gasteiger partial charge in [-0.1, -0.05) is 18.6 Å². The molecule has 1 aromatic rings. The molecule has 0 aromatic heterocycles. The van der Waals surface area contributed by atoms with Gasteiger partial charge in [0, 0.05) is 24.8 Å². The van der Waals surface area contributed by atoms with E-state index in [-0.39, 0.29) is 0 Å². The van der Waals surface area contributed by atoms with Crippen LogP contribution in [-0.4, -0.2) is 48.6 Å². The summed E-state index contributed by atoms with van der Waals surface area (Å²) in [7, 11) is 0. The third-order valence-corrected chi connectivity index (χ3v) is 4.85. The van der Waals surface area contributed by atoms with Crippen molar-refractivity contribution in [2.45, 2.75) is 38.1 Å². The van der Waals surface area contributed by atoms with E-state index in [0.29, 0.717) is 0 Å². The van der Waals surface area contributed by atoms with Crippen molar-refractivity contribution in [1.29, 1.82) is 0 Å². The number of nitrogens with two attached hydrogens (primary N) is 1. The second-order valence-corrected chi connectivity index (χ2v) is 6.33. The van der Waals surface area contributed by atoms with E-state index in [4.69, 9.17) is 5.73 Å². The maximum Gasteiger partial charge on any atom is 0.0314 e. The number of rotatable bonds is 4. The summed E-state index contributed by atoms with van der Waals surface area (Å²) >= 11 is 0. The van der Waals surface area contributed by atoms with Gasteiger partial charge in [0.1, 0.15) is 0 Å². The molecule has 2 saturated heterocycles. The number of nitrogens with zero attached hydrogens (tertiary/aromatic N) is 2. The Morgan fingerprint density at radius 1 is 1.00 bits per heavy atom. The lowest BCUT2D eigenvalue weighted by Gasteiger charge is -2.32. The van der Waals surface area contributed by atoms with Gasteiger partial charge in [0.05, 0.1) is 0 Å². The third-order valence-electron chi connectivity index (χ3n) is 4.85. The van der Waals surface area contributed by atoms with Gasteiger partial charge in [-0.05, 0) is 63.0 Å². The standard InChI is InChI=1S/C17H27N3/c18-16-6-4-15(5-7-16)8-12-19-13-9-17(14-19)20-10-2-1-3-11-20/h4-7,17H,1-3,8-14,18H2. The minimum atomic E-state index is 0.821. The highest BCUT2D eigenvalue weighted by atomic mass is 15.3. The molecule has 3 heteroatoms. The van der Waals surface area contributed by atoms with Crippen LogP contribution in [0, 0.1) is 0 Å². The largest absolute Gasteiger partial charge is 0.399 e. The van der Waals surface area contributed by atoms with E-state index in [9.17, 15) is 0 Å². The van der Waals surface area contributed by atoms with Crippen LogP contribution < -0.4 is 5.73 Å².